The van der Waals surface area contributed by atoms with Gasteiger partial charge in [0, 0.05) is 37.4 Å². The zero-order chi connectivity index (χ0) is 14.0. The van der Waals surface area contributed by atoms with Crippen molar-refractivity contribution in [3.63, 3.8) is 0 Å². The third-order valence-electron chi connectivity index (χ3n) is 1.43. The third kappa shape index (κ3) is 7.91. The summed E-state index contributed by atoms with van der Waals surface area (Å²) in [6.07, 6.45) is 4.79. The average molecular weight is 254 g/mol. The molecule has 0 aliphatic carbocycles. The molecular weight excluding hydrogens is 240 g/mol. The predicted molar refractivity (Wildman–Crippen MR) is 62.7 cm³/mol. The zero-order valence-electron chi connectivity index (χ0n) is 9.51. The van der Waals surface area contributed by atoms with Gasteiger partial charge < -0.3 is 11.5 Å². The number of imide groups is 2. The number of hydrogen-bond acceptors (Lipinski definition) is 6. The Morgan fingerprint density at radius 2 is 0.889 bits per heavy atom. The van der Waals surface area contributed by atoms with E-state index in [1.165, 1.54) is 24.3 Å². The molecule has 8 heteroatoms. The topological polar surface area (TPSA) is 144 Å². The van der Waals surface area contributed by atoms with Gasteiger partial charge in [-0.1, -0.05) is 0 Å². The van der Waals surface area contributed by atoms with E-state index in [-0.39, 0.29) is 23.6 Å². The summed E-state index contributed by atoms with van der Waals surface area (Å²) in [6, 6.07) is 0. The van der Waals surface area contributed by atoms with Crippen LogP contribution in [-0.4, -0.2) is 36.7 Å². The Balaban J connectivity index is 0.000000253. The molecule has 4 amide bonds. The van der Waals surface area contributed by atoms with Crippen molar-refractivity contribution >= 4 is 23.6 Å². The first-order valence-electron chi connectivity index (χ1n) is 4.95. The minimum absolute atomic E-state index is 0.329. The fourth-order valence-corrected chi connectivity index (χ4v) is 0.712. The van der Waals surface area contributed by atoms with E-state index >= 15 is 0 Å². The van der Waals surface area contributed by atoms with Crippen LogP contribution in [0.15, 0.2) is 24.3 Å². The number of carbonyl (C=O) groups is 4. The normalized spacial score (nSPS) is 15.4. The van der Waals surface area contributed by atoms with E-state index in [0.717, 1.165) is 0 Å². The lowest BCUT2D eigenvalue weighted by atomic mass is 10.6. The highest BCUT2D eigenvalue weighted by molar-refractivity contribution is 6.13. The third-order valence-corrected chi connectivity index (χ3v) is 1.43. The minimum Gasteiger partial charge on any atom is -0.329 e. The summed E-state index contributed by atoms with van der Waals surface area (Å²) in [7, 11) is 0. The van der Waals surface area contributed by atoms with Crippen molar-refractivity contribution in [3.05, 3.63) is 24.3 Å². The highest BCUT2D eigenvalue weighted by Crippen LogP contribution is 1.83. The molecule has 0 aromatic heterocycles. The van der Waals surface area contributed by atoms with E-state index in [2.05, 4.69) is 0 Å². The summed E-state index contributed by atoms with van der Waals surface area (Å²) < 4.78 is 0. The van der Waals surface area contributed by atoms with Gasteiger partial charge in [0.05, 0.1) is 0 Å². The Labute approximate surface area is 103 Å². The zero-order valence-corrected chi connectivity index (χ0v) is 9.51. The molecule has 18 heavy (non-hydrogen) atoms. The molecule has 0 fully saturated rings. The van der Waals surface area contributed by atoms with Crippen LogP contribution >= 0.6 is 0 Å². The Morgan fingerprint density at radius 1 is 0.667 bits per heavy atom. The highest BCUT2D eigenvalue weighted by atomic mass is 16.2. The number of nitrogens with two attached hydrogens (primary N) is 2. The number of nitrogens with one attached hydrogen (secondary N) is 2. The van der Waals surface area contributed by atoms with Gasteiger partial charge in [-0.25, -0.2) is 0 Å². The maximum Gasteiger partial charge on any atom is 0.250 e. The van der Waals surface area contributed by atoms with Crippen molar-refractivity contribution in [1.29, 1.82) is 0 Å². The Bertz CT molecular complexity index is 331. The Morgan fingerprint density at radius 3 is 0.944 bits per heavy atom. The maximum absolute atomic E-state index is 10.0. The van der Waals surface area contributed by atoms with E-state index in [0.29, 0.717) is 13.1 Å². The van der Waals surface area contributed by atoms with Gasteiger partial charge in [0.1, 0.15) is 0 Å². The highest BCUT2D eigenvalue weighted by Gasteiger charge is 2.07. The maximum atomic E-state index is 10.0. The molecule has 0 spiro atoms. The monoisotopic (exact) mass is 254 g/mol. The molecule has 2 heterocycles. The van der Waals surface area contributed by atoms with Crippen LogP contribution in [-0.2, 0) is 19.2 Å². The molecule has 98 valence electrons. The molecule has 0 bridgehead atoms. The molecule has 6 N–H and O–H groups in total. The SMILES string of the molecule is NCCN.O=C1C=CC(=O)N1.O=C1C=CC(=O)N1. The molecule has 0 atom stereocenters. The number of amides is 4. The van der Waals surface area contributed by atoms with Gasteiger partial charge in [0.25, 0.3) is 23.6 Å². The van der Waals surface area contributed by atoms with Crippen molar-refractivity contribution in [2.45, 2.75) is 0 Å². The Kier molecular flexibility index (Phi) is 7.66. The van der Waals surface area contributed by atoms with Gasteiger partial charge in [-0.05, 0) is 0 Å². The summed E-state index contributed by atoms with van der Waals surface area (Å²) in [5.41, 5.74) is 9.81. The summed E-state index contributed by atoms with van der Waals surface area (Å²) >= 11 is 0. The van der Waals surface area contributed by atoms with Crippen molar-refractivity contribution in [1.82, 2.24) is 10.6 Å². The smallest absolute Gasteiger partial charge is 0.250 e. The Hall–Kier alpha value is -2.32. The van der Waals surface area contributed by atoms with Crippen LogP contribution in [0.4, 0.5) is 0 Å². The molecule has 0 aromatic carbocycles. The van der Waals surface area contributed by atoms with Crippen LogP contribution in [0.25, 0.3) is 0 Å². The number of hydrogen-bond donors (Lipinski definition) is 4. The molecule has 0 saturated heterocycles. The molecule has 2 aliphatic rings. The lowest BCUT2D eigenvalue weighted by molar-refractivity contribution is -0.125. The van der Waals surface area contributed by atoms with E-state index in [1.807, 2.05) is 10.6 Å². The van der Waals surface area contributed by atoms with Crippen molar-refractivity contribution in [3.8, 4) is 0 Å². The van der Waals surface area contributed by atoms with Crippen LogP contribution < -0.4 is 22.1 Å². The minimum atomic E-state index is -0.329. The second-order valence-corrected chi connectivity index (χ2v) is 2.95. The van der Waals surface area contributed by atoms with Crippen LogP contribution in [0.1, 0.15) is 0 Å². The van der Waals surface area contributed by atoms with Crippen molar-refractivity contribution in [2.24, 2.45) is 11.5 Å². The van der Waals surface area contributed by atoms with Crippen LogP contribution in [0.3, 0.4) is 0 Å². The quantitative estimate of drug-likeness (QED) is 0.375. The molecule has 0 saturated carbocycles. The number of carbonyl (C=O) groups excluding carboxylic acids is 4. The largest absolute Gasteiger partial charge is 0.329 e. The van der Waals surface area contributed by atoms with Crippen LogP contribution in [0.5, 0.6) is 0 Å². The van der Waals surface area contributed by atoms with Gasteiger partial charge in [0.15, 0.2) is 0 Å². The molecule has 0 aromatic rings. The molecule has 2 aliphatic heterocycles. The summed E-state index contributed by atoms with van der Waals surface area (Å²) in [6.45, 7) is 1.19. The van der Waals surface area contributed by atoms with E-state index < -0.39 is 0 Å². The van der Waals surface area contributed by atoms with Gasteiger partial charge in [-0.15, -0.1) is 0 Å². The molecular formula is C10H14N4O4. The molecule has 0 unspecified atom stereocenters. The first-order valence-corrected chi connectivity index (χ1v) is 4.95. The van der Waals surface area contributed by atoms with Crippen molar-refractivity contribution < 1.29 is 19.2 Å². The fraction of sp³-hybridized carbons (Fsp3) is 0.200. The summed E-state index contributed by atoms with van der Waals surface area (Å²) in [5.74, 6) is -1.31. The predicted octanol–water partition coefficient (Wildman–Crippen LogP) is -2.70. The first kappa shape index (κ1) is 15.7. The average Bonchev–Trinajstić information content (AvgIpc) is 2.88. The summed E-state index contributed by atoms with van der Waals surface area (Å²) in [5, 5.41) is 4.06. The van der Waals surface area contributed by atoms with Gasteiger partial charge in [-0.3, -0.25) is 29.8 Å². The number of rotatable bonds is 1. The van der Waals surface area contributed by atoms with Gasteiger partial charge >= 0.3 is 0 Å². The van der Waals surface area contributed by atoms with E-state index in [1.54, 1.807) is 0 Å². The van der Waals surface area contributed by atoms with Crippen molar-refractivity contribution in [2.75, 3.05) is 13.1 Å². The summed E-state index contributed by atoms with van der Waals surface area (Å²) in [4.78, 5) is 40.1. The van der Waals surface area contributed by atoms with Gasteiger partial charge in [-0.2, -0.15) is 0 Å². The van der Waals surface area contributed by atoms with Crippen LogP contribution in [0, 0.1) is 0 Å². The first-order chi connectivity index (χ1) is 8.49. The molecule has 2 rings (SSSR count). The van der Waals surface area contributed by atoms with Crippen LogP contribution in [0.2, 0.25) is 0 Å². The second kappa shape index (κ2) is 8.79. The van der Waals surface area contributed by atoms with E-state index in [9.17, 15) is 19.2 Å². The molecule has 0 radical (unpaired) electrons. The standard InChI is InChI=1S/2C4H3NO2.C2H8N2/c2*6-3-1-2-4(7)5-3;3-1-2-4/h2*1-2H,(H,5,6,7);1-4H2. The second-order valence-electron chi connectivity index (χ2n) is 2.95. The van der Waals surface area contributed by atoms with Gasteiger partial charge in [0.2, 0.25) is 0 Å². The molecule has 8 nitrogen and oxygen atoms in total. The fourth-order valence-electron chi connectivity index (χ4n) is 0.712. The lowest BCUT2D eigenvalue weighted by Gasteiger charge is -1.80. The lowest BCUT2D eigenvalue weighted by Crippen LogP contribution is -2.19. The van der Waals surface area contributed by atoms with E-state index in [4.69, 9.17) is 11.5 Å².